The van der Waals surface area contributed by atoms with Crippen LogP contribution >= 0.6 is 15.9 Å². The lowest BCUT2D eigenvalue weighted by molar-refractivity contribution is 0.0622. The molecule has 0 rings (SSSR count). The van der Waals surface area contributed by atoms with Gasteiger partial charge in [0, 0.05) is 4.83 Å². The van der Waals surface area contributed by atoms with Crippen molar-refractivity contribution in [3.63, 3.8) is 0 Å². The molecule has 0 aliphatic carbocycles. The predicted octanol–water partition coefficient (Wildman–Crippen LogP) is 2.41. The summed E-state index contributed by atoms with van der Waals surface area (Å²) in [5.41, 5.74) is 0.121. The third-order valence-corrected chi connectivity index (χ3v) is 4.13. The minimum absolute atomic E-state index is 0.121. The minimum atomic E-state index is 0.121. The van der Waals surface area contributed by atoms with Crippen molar-refractivity contribution in [1.82, 2.24) is 0 Å². The molecule has 1 nitrogen and oxygen atoms in total. The fourth-order valence-corrected chi connectivity index (χ4v) is 3.49. The van der Waals surface area contributed by atoms with Crippen LogP contribution in [-0.2, 0) is 4.43 Å². The molecule has 74 valence electrons. The lowest BCUT2D eigenvalue weighted by Gasteiger charge is -2.35. The second kappa shape index (κ2) is 6.16. The lowest BCUT2D eigenvalue weighted by Crippen LogP contribution is -2.39. The summed E-state index contributed by atoms with van der Waals surface area (Å²) >= 11 is 3.66. The minimum Gasteiger partial charge on any atom is -0.421 e. The summed E-state index contributed by atoms with van der Waals surface area (Å²) in [4.78, 5) is 0.474. The van der Waals surface area contributed by atoms with Crippen molar-refractivity contribution in [2.45, 2.75) is 56.9 Å². The molecule has 12 heavy (non-hydrogen) atoms. The van der Waals surface area contributed by atoms with Crippen LogP contribution in [0.4, 0.5) is 0 Å². The van der Waals surface area contributed by atoms with Gasteiger partial charge in [-0.1, -0.05) is 42.6 Å². The van der Waals surface area contributed by atoms with Gasteiger partial charge in [0.05, 0.1) is 5.60 Å². The summed E-state index contributed by atoms with van der Waals surface area (Å²) in [6.07, 6.45) is 4.77. The third kappa shape index (κ3) is 3.19. The third-order valence-electron chi connectivity index (χ3n) is 2.48. The fraction of sp³-hybridized carbons (Fsp3) is 1.00. The van der Waals surface area contributed by atoms with Crippen molar-refractivity contribution < 1.29 is 4.43 Å². The zero-order valence-electron chi connectivity index (χ0n) is 8.69. The molecule has 0 saturated carbocycles. The molecule has 1 atom stereocenters. The van der Waals surface area contributed by atoms with Gasteiger partial charge in [0.25, 0.3) is 0 Å². The normalized spacial score (nSPS) is 15.0. The van der Waals surface area contributed by atoms with E-state index >= 15 is 0 Å². The molecule has 0 radical (unpaired) electrons. The molecule has 0 aromatic heterocycles. The monoisotopic (exact) mass is 252 g/mol. The van der Waals surface area contributed by atoms with E-state index in [9.17, 15) is 0 Å². The van der Waals surface area contributed by atoms with Gasteiger partial charge < -0.3 is 4.43 Å². The number of hydrogen-bond donors (Lipinski definition) is 0. The molecule has 0 spiro atoms. The van der Waals surface area contributed by atoms with Gasteiger partial charge in [-0.3, -0.25) is 0 Å². The highest BCUT2D eigenvalue weighted by atomic mass is 79.9. The van der Waals surface area contributed by atoms with Crippen molar-refractivity contribution in [2.24, 2.45) is 0 Å². The van der Waals surface area contributed by atoms with Gasteiger partial charge in [-0.05, 0) is 19.8 Å². The molecular formula is C9H21BrOSi. The maximum Gasteiger partial charge on any atom is 0.146 e. The molecule has 0 fully saturated rings. The standard InChI is InChI=1S/C9H21BrOSi/c1-4-6-9(11-12,7-5-2)8(3)10/h8H,4-7H2,1-3,12H3. The molecule has 0 aromatic carbocycles. The van der Waals surface area contributed by atoms with E-state index in [-0.39, 0.29) is 5.60 Å². The molecule has 0 amide bonds. The fourth-order valence-electron chi connectivity index (χ4n) is 1.74. The second-order valence-electron chi connectivity index (χ2n) is 3.38. The van der Waals surface area contributed by atoms with Gasteiger partial charge in [0.2, 0.25) is 0 Å². The van der Waals surface area contributed by atoms with E-state index in [2.05, 4.69) is 36.7 Å². The Bertz CT molecular complexity index is 111. The van der Waals surface area contributed by atoms with Crippen LogP contribution in [0.2, 0.25) is 0 Å². The van der Waals surface area contributed by atoms with Crippen molar-refractivity contribution in [2.75, 3.05) is 0 Å². The molecular weight excluding hydrogens is 232 g/mol. The van der Waals surface area contributed by atoms with E-state index in [4.69, 9.17) is 4.43 Å². The number of rotatable bonds is 6. The van der Waals surface area contributed by atoms with E-state index in [1.807, 2.05) is 0 Å². The van der Waals surface area contributed by atoms with E-state index in [0.29, 0.717) is 4.83 Å². The topological polar surface area (TPSA) is 9.23 Å². The van der Waals surface area contributed by atoms with E-state index in [0.717, 1.165) is 10.5 Å². The van der Waals surface area contributed by atoms with Crippen LogP contribution in [0.3, 0.4) is 0 Å². The van der Waals surface area contributed by atoms with Gasteiger partial charge in [-0.15, -0.1) is 0 Å². The SMILES string of the molecule is CCCC(CCC)(O[SiH3])C(C)Br. The molecule has 0 bridgehead atoms. The Kier molecular flexibility index (Phi) is 6.50. The van der Waals surface area contributed by atoms with Gasteiger partial charge in [-0.25, -0.2) is 0 Å². The zero-order valence-corrected chi connectivity index (χ0v) is 12.3. The highest BCUT2D eigenvalue weighted by molar-refractivity contribution is 9.09. The summed E-state index contributed by atoms with van der Waals surface area (Å²) in [5, 5.41) is 0. The molecule has 1 unspecified atom stereocenters. The average Bonchev–Trinajstić information content (AvgIpc) is 2.03. The molecule has 0 N–H and O–H groups in total. The first-order valence-electron chi connectivity index (χ1n) is 4.82. The summed E-state index contributed by atoms with van der Waals surface area (Å²) < 4.78 is 5.77. The van der Waals surface area contributed by atoms with Crippen molar-refractivity contribution in [3.8, 4) is 0 Å². The van der Waals surface area contributed by atoms with Crippen LogP contribution < -0.4 is 0 Å². The Balaban J connectivity index is 4.28. The summed E-state index contributed by atoms with van der Waals surface area (Å²) in [7, 11) is 0.842. The molecule has 0 heterocycles. The van der Waals surface area contributed by atoms with Crippen LogP contribution in [-0.4, -0.2) is 20.9 Å². The zero-order chi connectivity index (χ0) is 9.61. The largest absolute Gasteiger partial charge is 0.421 e. The molecule has 0 saturated heterocycles. The Morgan fingerprint density at radius 2 is 1.75 bits per heavy atom. The number of halogens is 1. The van der Waals surface area contributed by atoms with Gasteiger partial charge in [-0.2, -0.15) is 0 Å². The quantitative estimate of drug-likeness (QED) is 0.522. The molecule has 0 aliphatic heterocycles. The van der Waals surface area contributed by atoms with E-state index in [1.54, 1.807) is 0 Å². The van der Waals surface area contributed by atoms with Gasteiger partial charge in [0.1, 0.15) is 10.5 Å². The van der Waals surface area contributed by atoms with E-state index in [1.165, 1.54) is 25.7 Å². The Labute approximate surface area is 87.9 Å². The first kappa shape index (κ1) is 12.7. The summed E-state index contributed by atoms with van der Waals surface area (Å²) in [5.74, 6) is 0. The molecule has 0 aliphatic rings. The maximum atomic E-state index is 5.77. The van der Waals surface area contributed by atoms with E-state index < -0.39 is 0 Å². The lowest BCUT2D eigenvalue weighted by atomic mass is 9.90. The van der Waals surface area contributed by atoms with Gasteiger partial charge >= 0.3 is 0 Å². The Morgan fingerprint density at radius 1 is 1.33 bits per heavy atom. The van der Waals surface area contributed by atoms with Crippen molar-refractivity contribution in [1.29, 1.82) is 0 Å². The summed E-state index contributed by atoms with van der Waals surface area (Å²) in [6.45, 7) is 6.64. The first-order valence-corrected chi connectivity index (χ1v) is 6.55. The molecule has 3 heteroatoms. The second-order valence-corrected chi connectivity index (χ2v) is 5.17. The molecule has 0 aromatic rings. The van der Waals surface area contributed by atoms with Crippen LogP contribution in [0.1, 0.15) is 46.5 Å². The highest BCUT2D eigenvalue weighted by Crippen LogP contribution is 2.31. The Hall–Kier alpha value is 0.657. The maximum absolute atomic E-state index is 5.77. The predicted molar refractivity (Wildman–Crippen MR) is 62.0 cm³/mol. The average molecular weight is 253 g/mol. The van der Waals surface area contributed by atoms with Crippen LogP contribution in [0.25, 0.3) is 0 Å². The van der Waals surface area contributed by atoms with Crippen molar-refractivity contribution >= 4 is 26.4 Å². The smallest absolute Gasteiger partial charge is 0.146 e. The number of hydrogen-bond acceptors (Lipinski definition) is 1. The highest BCUT2D eigenvalue weighted by Gasteiger charge is 2.31. The number of alkyl halides is 1. The van der Waals surface area contributed by atoms with Crippen LogP contribution in [0.5, 0.6) is 0 Å². The van der Waals surface area contributed by atoms with Crippen molar-refractivity contribution in [3.05, 3.63) is 0 Å². The summed E-state index contributed by atoms with van der Waals surface area (Å²) in [6, 6.07) is 0. The Morgan fingerprint density at radius 3 is 1.92 bits per heavy atom. The first-order chi connectivity index (χ1) is 5.63. The van der Waals surface area contributed by atoms with Crippen LogP contribution in [0, 0.1) is 0 Å². The van der Waals surface area contributed by atoms with Gasteiger partial charge in [0.15, 0.2) is 0 Å². The van der Waals surface area contributed by atoms with Crippen LogP contribution in [0.15, 0.2) is 0 Å².